The van der Waals surface area contributed by atoms with Gasteiger partial charge in [-0.1, -0.05) is 215 Å². The highest BCUT2D eigenvalue weighted by atomic mass is 127. The summed E-state index contributed by atoms with van der Waals surface area (Å²) in [7, 11) is 3.10. The summed E-state index contributed by atoms with van der Waals surface area (Å²) >= 11 is 49.0. The smallest absolute Gasteiger partial charge is 0.417 e. The Morgan fingerprint density at radius 3 is 0.899 bits per heavy atom. The predicted octanol–water partition coefficient (Wildman–Crippen LogP) is 21.9. The van der Waals surface area contributed by atoms with E-state index in [1.165, 1.54) is 19.2 Å². The van der Waals surface area contributed by atoms with Crippen LogP contribution in [0.4, 0.5) is 95.8 Å². The number of hydrogen-bond acceptors (Lipinski definition) is 11. The van der Waals surface area contributed by atoms with Crippen LogP contribution in [0, 0.1) is 34.8 Å². The van der Waals surface area contributed by atoms with E-state index in [4.69, 9.17) is 90.7 Å². The molecule has 0 heterocycles. The zero-order chi connectivity index (χ0) is 111. The molecule has 0 bridgehead atoms. The molecule has 18 amide bonds. The number of benzene rings is 9. The molecule has 0 aliphatic rings. The first kappa shape index (κ1) is 135. The van der Waals surface area contributed by atoms with Gasteiger partial charge >= 0.3 is 60.5 Å². The van der Waals surface area contributed by atoms with Crippen molar-refractivity contribution in [3.63, 3.8) is 0 Å². The Morgan fingerprint density at radius 2 is 0.527 bits per heavy atom. The summed E-state index contributed by atoms with van der Waals surface area (Å²) in [4.78, 5) is 100. The molecule has 0 fully saturated rings. The molecule has 0 radical (unpaired) electrons. The van der Waals surface area contributed by atoms with Crippen molar-refractivity contribution >= 4 is 197 Å². The van der Waals surface area contributed by atoms with Crippen LogP contribution in [0.1, 0.15) is 77.9 Å². The summed E-state index contributed by atoms with van der Waals surface area (Å²) < 4.78 is 157. The summed E-state index contributed by atoms with van der Waals surface area (Å²) in [6, 6.07) is 46.0. The molecule has 9 aromatic rings. The Morgan fingerprint density at radius 1 is 0.270 bits per heavy atom. The van der Waals surface area contributed by atoms with Crippen LogP contribution in [0.15, 0.2) is 174 Å². The number of rotatable bonds is 38. The molecule has 0 unspecified atom stereocenters. The molecular formula is C97H118BrCl7F12I2N18O11. The molecule has 51 heteroatoms. The van der Waals surface area contributed by atoms with Gasteiger partial charge in [-0.2, -0.15) is 13.2 Å². The maximum atomic E-state index is 12.6. The Hall–Kier alpha value is -10.9. The number of nitrogens with one attached hydrogen (secondary N) is 18. The number of para-hydroxylation sites is 2. The molecule has 148 heavy (non-hydrogen) atoms. The van der Waals surface area contributed by atoms with Crippen molar-refractivity contribution in [3.05, 3.63) is 295 Å². The van der Waals surface area contributed by atoms with E-state index >= 15 is 0 Å². The number of hydrogen-bond donors (Lipinski definition) is 18. The topological polar surface area (TPSA) is 389 Å². The lowest BCUT2D eigenvalue weighted by Crippen LogP contribution is -2.36. The van der Waals surface area contributed by atoms with Crippen LogP contribution in [0.3, 0.4) is 0 Å². The average molecular weight is 2520 g/mol. The molecule has 18 N–H and O–H groups in total. The number of carbonyl (C=O) groups excluding carboxylic acids is 9. The van der Waals surface area contributed by atoms with Crippen molar-refractivity contribution < 1.29 is 105 Å². The number of alkyl halides is 12. The molecule has 9 rings (SSSR count). The largest absolute Gasteiger partial charge is 0.496 e. The Bertz CT molecular complexity index is 5010. The van der Waals surface area contributed by atoms with Gasteiger partial charge in [-0.3, -0.25) is 0 Å². The minimum atomic E-state index is -4.55. The molecule has 0 saturated heterocycles. The van der Waals surface area contributed by atoms with E-state index in [9.17, 15) is 95.8 Å². The fraction of sp³-hybridized carbons (Fsp3) is 0.351. The lowest BCUT2D eigenvalue weighted by atomic mass is 10.1. The fourth-order valence-electron chi connectivity index (χ4n) is 11.1. The van der Waals surface area contributed by atoms with E-state index in [0.717, 1.165) is 84.6 Å². The van der Waals surface area contributed by atoms with Crippen molar-refractivity contribution in [1.29, 1.82) is 0 Å². The van der Waals surface area contributed by atoms with Crippen LogP contribution in [0.5, 0.6) is 11.5 Å². The minimum Gasteiger partial charge on any atom is -0.496 e. The summed E-state index contributed by atoms with van der Waals surface area (Å²) in [5, 5.41) is 47.1. The number of aryl methyl sites for hydroxylation is 3. The maximum Gasteiger partial charge on any atom is 0.417 e. The second kappa shape index (κ2) is 81.1. The predicted molar refractivity (Wildman–Crippen MR) is 579 cm³/mol. The van der Waals surface area contributed by atoms with E-state index in [0.29, 0.717) is 80.7 Å². The molecule has 0 aromatic heterocycles. The lowest BCUT2D eigenvalue weighted by Gasteiger charge is -2.13. The van der Waals surface area contributed by atoms with Crippen LogP contribution in [0.2, 0.25) is 35.2 Å². The third-order valence-electron chi connectivity index (χ3n) is 18.5. The number of urea groups is 9. The van der Waals surface area contributed by atoms with Crippen LogP contribution >= 0.6 is 142 Å². The highest BCUT2D eigenvalue weighted by molar-refractivity contribution is 14.1. The van der Waals surface area contributed by atoms with Crippen molar-refractivity contribution in [1.82, 2.24) is 95.7 Å². The Kier molecular flexibility index (Phi) is 74.0. The van der Waals surface area contributed by atoms with Crippen molar-refractivity contribution in [2.75, 3.05) is 133 Å². The molecule has 0 aliphatic carbocycles. The first-order valence-electron chi connectivity index (χ1n) is 44.5. The van der Waals surface area contributed by atoms with Crippen molar-refractivity contribution in [2.24, 2.45) is 0 Å². The van der Waals surface area contributed by atoms with Gasteiger partial charge in [-0.25, -0.2) is 82.7 Å². The molecule has 0 saturated carbocycles. The lowest BCUT2D eigenvalue weighted by molar-refractivity contribution is -0.137. The number of halogens is 22. The summed E-state index contributed by atoms with van der Waals surface area (Å²) in [5.41, 5.74) is 10.3. The molecule has 0 spiro atoms. The van der Waals surface area contributed by atoms with Gasteiger partial charge in [-0.15, -0.1) is 0 Å². The molecule has 0 atom stereocenters. The van der Waals surface area contributed by atoms with Crippen LogP contribution in [-0.4, -0.2) is 187 Å². The van der Waals surface area contributed by atoms with E-state index in [-0.39, 0.29) is 108 Å². The van der Waals surface area contributed by atoms with Gasteiger partial charge in [0.25, 0.3) is 0 Å². The second-order valence-corrected chi connectivity index (χ2v) is 35.1. The summed E-state index contributed by atoms with van der Waals surface area (Å²) in [6.45, 7) is 5.06. The van der Waals surface area contributed by atoms with Gasteiger partial charge in [0.15, 0.2) is 0 Å². The first-order valence-corrected chi connectivity index (χ1v) is 50.1. The van der Waals surface area contributed by atoms with E-state index in [1.54, 1.807) is 49.6 Å². The average Bonchev–Trinajstić information content (AvgIpc) is 0.816. The number of ether oxygens (including phenoxy) is 2. The van der Waals surface area contributed by atoms with Crippen molar-refractivity contribution in [3.8, 4) is 11.5 Å². The van der Waals surface area contributed by atoms with Gasteiger partial charge in [0, 0.05) is 151 Å². The first-order chi connectivity index (χ1) is 70.7. The highest BCUT2D eigenvalue weighted by Gasteiger charge is 2.34. The zero-order valence-electron chi connectivity index (χ0n) is 81.1. The summed E-state index contributed by atoms with van der Waals surface area (Å²) in [5.74, 6) is 1.29. The molecule has 29 nitrogen and oxygen atoms in total. The van der Waals surface area contributed by atoms with Gasteiger partial charge in [0.05, 0.1) is 44.9 Å². The SMILES string of the molecule is COc1c(C)cccc1CNC(=O)NCCF.COc1c(Cl)cccc1CNC(=O)NCCF.Cc1c(Cl)cccc1CNC(=O)NCCF.Cc1cccc(CNC(=O)NCCF)c1Cl.Cc1ccccc1CNC(=O)NCCF.O=C(NCCF)NCc1cccc(Br)c1Cl.O=C(NCCF)NCc1cccc(C(F)(F)F)c1Cl.O=C(NCCF)NCc1cccc(Cl)c1Cl.O=C(NCCF)NCc1cccc(I)c1I. The monoisotopic (exact) mass is 2520 g/mol. The van der Waals surface area contributed by atoms with Crippen LogP contribution in [-0.2, 0) is 65.1 Å². The molecule has 816 valence electrons. The third kappa shape index (κ3) is 58.9. The van der Waals surface area contributed by atoms with E-state index < -0.39 is 107 Å². The fourth-order valence-corrected chi connectivity index (χ4v) is 14.2. The maximum absolute atomic E-state index is 12.6. The van der Waals surface area contributed by atoms with Gasteiger partial charge in [0.2, 0.25) is 0 Å². The Balaban J connectivity index is 0.000000833. The normalized spacial score (nSPS) is 10.1. The second-order valence-electron chi connectivity index (χ2n) is 29.3. The molecular weight excluding hydrogens is 2400 g/mol. The number of carbonyl (C=O) groups is 9. The van der Waals surface area contributed by atoms with E-state index in [2.05, 4.69) is 157 Å². The number of methoxy groups -OCH3 is 2. The van der Waals surface area contributed by atoms with Gasteiger partial charge in [0.1, 0.15) is 71.6 Å². The number of amides is 18. The highest BCUT2D eigenvalue weighted by Crippen LogP contribution is 2.37. The van der Waals surface area contributed by atoms with Crippen LogP contribution < -0.4 is 105 Å². The quantitative estimate of drug-likeness (QED) is 0.0127. The minimum absolute atomic E-state index is 0.00147. The van der Waals surface area contributed by atoms with Gasteiger partial charge < -0.3 is 105 Å². The third-order valence-corrected chi connectivity index (χ3v) is 25.6. The standard InChI is InChI=1S/C12H17FN2O2.C11H11ClF4N2O.C11H14ClFN2O2.2C11H14ClFN2O.C11H15FN2O.C10H11BrClFN2O.C10H11Cl2FN2O.C10H11FI2N2O/c1-9-4-3-5-10(11(9)17-2)8-15-12(16)14-7-6-13;12-9-7(6-18-10(19)17-5-4-13)2-1-3-8(9)11(14,15)16;1-17-10-8(3-2-4-9(10)12)7-15-11(16)14-6-5-13;1-8-9(3-2-4-10(8)12)7-15-11(16)14-6-5-13;1-8-3-2-4-9(10(8)12)7-15-11(16)14-6-5-13;1-9-4-2-3-5-10(9)8-14-11(15)13-7-6-12;2*11-8-3-1-2-7(9(8)12)6-15-10(16)14-5-4-13;11-4-5-14-10(16)15-6-7-2-1-3-8(12)9(7)13/h3-5H,6-8H2,1-2H3,(H2,14,15,16);1-3H,4-6H2,(H2,17,18,19);2-4H,5-7H2,1H3,(H2,14,15,16);2*2-4H,5-7H2,1H3,(H2,14,15,16);2-5H,6-8H2,1H3,(H2,13,14,15);3*1-3H,4-6H2,(H2,14,15,16). The van der Waals surface area contributed by atoms with Gasteiger partial charge in [-0.05, 0) is 186 Å². The molecule has 9 aromatic carbocycles. The summed E-state index contributed by atoms with van der Waals surface area (Å²) in [6.07, 6.45) is -4.55. The van der Waals surface area contributed by atoms with Crippen LogP contribution in [0.25, 0.3) is 0 Å². The Labute approximate surface area is 922 Å². The zero-order valence-corrected chi connectivity index (χ0v) is 92.3. The molecule has 0 aliphatic heterocycles. The van der Waals surface area contributed by atoms with E-state index in [1.807, 2.05) is 137 Å². The van der Waals surface area contributed by atoms with Crippen molar-refractivity contribution in [2.45, 2.75) is 92.8 Å².